The van der Waals surface area contributed by atoms with Gasteiger partial charge in [-0.15, -0.1) is 34.0 Å². The number of nitrogens with two attached hydrogens (primary N) is 2. The summed E-state index contributed by atoms with van der Waals surface area (Å²) < 4.78 is 175. The zero-order chi connectivity index (χ0) is 77.9. The summed E-state index contributed by atoms with van der Waals surface area (Å²) in [5, 5.41) is 52.5. The minimum Gasteiger partial charge on any atom is -0.316 e. The molecule has 107 heavy (non-hydrogen) atoms. The number of alkyl halides is 8. The van der Waals surface area contributed by atoms with Crippen LogP contribution in [0.15, 0.2) is 87.5 Å². The lowest BCUT2D eigenvalue weighted by Crippen LogP contribution is -2.46. The largest absolute Gasteiger partial charge is 0.316 e. The van der Waals surface area contributed by atoms with Crippen LogP contribution in [-0.4, -0.2) is 121 Å². The van der Waals surface area contributed by atoms with Crippen LogP contribution in [0.2, 0.25) is 0 Å². The first-order valence-electron chi connectivity index (χ1n) is 34.1. The number of carbonyl (C=O) groups is 4. The van der Waals surface area contributed by atoms with Gasteiger partial charge in [-0.25, -0.2) is 75.4 Å². The van der Waals surface area contributed by atoms with Crippen molar-refractivity contribution in [2.24, 2.45) is 33.9 Å². The highest BCUT2D eigenvalue weighted by atomic mass is 32.2. The van der Waals surface area contributed by atoms with Gasteiger partial charge in [0, 0.05) is 140 Å². The number of hydrogen-bond acceptors (Lipinski definition) is 19. The summed E-state index contributed by atoms with van der Waals surface area (Å²) in [6, 6.07) is 24.5. The normalized spacial score (nSPS) is 20.8. The van der Waals surface area contributed by atoms with Gasteiger partial charge < -0.3 is 26.1 Å². The molecule has 36 heteroatoms. The molecule has 0 spiro atoms. The number of anilines is 3. The number of nitrogens with one attached hydrogen (secondary N) is 5. The third-order valence-corrected chi connectivity index (χ3v) is 26.4. The van der Waals surface area contributed by atoms with Crippen molar-refractivity contribution in [2.75, 3.05) is 35.6 Å². The number of thiophene rings is 3. The van der Waals surface area contributed by atoms with E-state index in [4.69, 9.17) is 10.3 Å². The Balaban J connectivity index is 0.000000166. The lowest BCUT2D eigenvalue weighted by atomic mass is 9.80. The summed E-state index contributed by atoms with van der Waals surface area (Å²) in [5.74, 6) is -12.2. The fraction of sp³-hybridized carbons (Fsp3) is 0.479. The second-order valence-electron chi connectivity index (χ2n) is 28.5. The van der Waals surface area contributed by atoms with E-state index in [9.17, 15) is 95.3 Å². The number of carbonyl (C=O) groups excluding carboxylic acids is 4. The van der Waals surface area contributed by atoms with E-state index in [1.54, 1.807) is 12.1 Å². The second-order valence-corrected chi connectivity index (χ2v) is 36.7. The van der Waals surface area contributed by atoms with E-state index in [-0.39, 0.29) is 139 Å². The maximum atomic E-state index is 13.3. The zero-order valence-electron chi connectivity index (χ0n) is 58.1. The van der Waals surface area contributed by atoms with Gasteiger partial charge in [0.2, 0.25) is 71.5 Å². The lowest BCUT2D eigenvalue weighted by Gasteiger charge is -2.41. The zero-order valence-corrected chi connectivity index (χ0v) is 63.0. The van der Waals surface area contributed by atoms with Crippen molar-refractivity contribution in [2.45, 2.75) is 187 Å². The number of rotatable bonds is 20. The molecule has 3 amide bonds. The van der Waals surface area contributed by atoms with Crippen LogP contribution in [0.3, 0.4) is 0 Å². The van der Waals surface area contributed by atoms with Crippen molar-refractivity contribution in [1.29, 1.82) is 15.8 Å². The van der Waals surface area contributed by atoms with Crippen LogP contribution < -0.4 is 36.3 Å². The molecule has 6 aromatic rings. The fourth-order valence-electron chi connectivity index (χ4n) is 13.8. The van der Waals surface area contributed by atoms with E-state index in [2.05, 4.69) is 67.8 Å². The molecule has 0 radical (unpaired) electrons. The van der Waals surface area contributed by atoms with Crippen LogP contribution in [0, 0.1) is 57.7 Å². The highest BCUT2D eigenvalue weighted by molar-refractivity contribution is 7.89. The molecular formula is C71H78F8N12O10S6. The third-order valence-electron chi connectivity index (χ3n) is 19.6. The molecule has 22 nitrogen and oxygen atoms in total. The number of benzene rings is 3. The van der Waals surface area contributed by atoms with Crippen LogP contribution >= 0.6 is 34.0 Å². The van der Waals surface area contributed by atoms with E-state index >= 15 is 0 Å². The van der Waals surface area contributed by atoms with Gasteiger partial charge in [-0.05, 0) is 116 Å². The number of hydrogen-bond donors (Lipinski definition) is 7. The van der Waals surface area contributed by atoms with Crippen molar-refractivity contribution in [3.8, 4) is 18.2 Å². The van der Waals surface area contributed by atoms with Crippen molar-refractivity contribution in [3.05, 3.63) is 137 Å². The van der Waals surface area contributed by atoms with E-state index < -0.39 is 59.7 Å². The van der Waals surface area contributed by atoms with Crippen LogP contribution in [0.1, 0.15) is 137 Å². The number of primary sulfonamides is 2. The average molecular weight is 1600 g/mol. The van der Waals surface area contributed by atoms with Crippen LogP contribution in [0.4, 0.5) is 50.1 Å². The van der Waals surface area contributed by atoms with Crippen LogP contribution in [-0.2, 0) is 107 Å². The van der Waals surface area contributed by atoms with Crippen molar-refractivity contribution < 1.29 is 79.6 Å². The topological polar surface area (TPSA) is 361 Å². The summed E-state index contributed by atoms with van der Waals surface area (Å²) in [6.07, 6.45) is 1.31. The summed E-state index contributed by atoms with van der Waals surface area (Å²) in [6.45, 7) is 8.84. The second kappa shape index (κ2) is 32.9. The number of halogens is 8. The number of aldehydes is 1. The number of nitriles is 3. The molecule has 0 bridgehead atoms. The van der Waals surface area contributed by atoms with Gasteiger partial charge in [0.25, 0.3) is 0 Å². The Morgan fingerprint density at radius 2 is 0.841 bits per heavy atom. The van der Waals surface area contributed by atoms with E-state index in [1.165, 1.54) is 94.7 Å². The molecular weight excluding hydrogens is 1530 g/mol. The summed E-state index contributed by atoms with van der Waals surface area (Å²) in [7, 11) is -11.4. The first kappa shape index (κ1) is 81.9. The first-order valence-corrected chi connectivity index (χ1v) is 41.2. The minimum absolute atomic E-state index is 0.000904. The average Bonchev–Trinajstić information content (AvgIpc) is 1.67. The number of amides is 3. The van der Waals surface area contributed by atoms with Crippen molar-refractivity contribution >= 4 is 103 Å². The summed E-state index contributed by atoms with van der Waals surface area (Å²) >= 11 is 4.18. The molecule has 0 saturated heterocycles. The lowest BCUT2D eigenvalue weighted by molar-refractivity contribution is -0.137. The quantitative estimate of drug-likeness (QED) is 0.0276. The predicted molar refractivity (Wildman–Crippen MR) is 385 cm³/mol. The molecule has 3 unspecified atom stereocenters. The van der Waals surface area contributed by atoms with Crippen molar-refractivity contribution in [3.63, 3.8) is 0 Å². The van der Waals surface area contributed by atoms with Gasteiger partial charge in [0.15, 0.2) is 0 Å². The number of fused-ring (bicyclic) bond motifs is 3. The van der Waals surface area contributed by atoms with Crippen LogP contribution in [0.25, 0.3) is 0 Å². The fourth-order valence-corrected chi connectivity index (χ4v) is 19.8. The molecule has 6 heterocycles. The molecule has 574 valence electrons. The van der Waals surface area contributed by atoms with Gasteiger partial charge in [-0.2, -0.15) is 15.8 Å². The molecule has 13 rings (SSSR count). The Kier molecular flexibility index (Phi) is 25.2. The van der Waals surface area contributed by atoms with E-state index in [0.717, 1.165) is 37.7 Å². The molecule has 3 aromatic heterocycles. The van der Waals surface area contributed by atoms with Gasteiger partial charge in [0.05, 0.1) is 50.6 Å². The van der Waals surface area contributed by atoms with Gasteiger partial charge in [0.1, 0.15) is 39.5 Å². The molecule has 3 atom stereocenters. The molecule has 3 aliphatic heterocycles. The first-order chi connectivity index (χ1) is 50.1. The number of nitrogens with zero attached hydrogens (tertiary/aromatic N) is 5. The van der Waals surface area contributed by atoms with Crippen molar-refractivity contribution in [1.82, 2.24) is 19.8 Å². The Hall–Kier alpha value is -7.64. The van der Waals surface area contributed by atoms with E-state index in [0.29, 0.717) is 106 Å². The Morgan fingerprint density at radius 3 is 1.16 bits per heavy atom. The molecule has 4 fully saturated rings. The summed E-state index contributed by atoms with van der Waals surface area (Å²) in [5.41, 5.74) is 5.81. The maximum Gasteiger partial charge on any atom is 0.249 e. The molecule has 9 N–H and O–H groups in total. The summed E-state index contributed by atoms with van der Waals surface area (Å²) in [4.78, 5) is 54.9. The highest BCUT2D eigenvalue weighted by Crippen LogP contribution is 2.48. The maximum absolute atomic E-state index is 13.3. The number of sulfonamides is 3. The highest BCUT2D eigenvalue weighted by Gasteiger charge is 2.49. The predicted octanol–water partition coefficient (Wildman–Crippen LogP) is 10.9. The van der Waals surface area contributed by atoms with Gasteiger partial charge in [-0.1, -0.05) is 36.4 Å². The smallest absolute Gasteiger partial charge is 0.249 e. The Labute approximate surface area is 626 Å². The standard InChI is InChI=1S/C27H30F4N4O3S2.C22H24F2N4O3S2.C17H18N4O3S2.C5H6F2O/c1-16-6-23-22(15-35(16)14-19-10-27(30,31)11-19)21(12-32)25(39-23)34-24(36)7-17-2-4-20(5-3-17)40(37,38)33-13-18-8-26(28,29)9-18;1-13-6-19-18(12-28(13)11-15-8-22(23,24)9-15)17(10-25)21(32-19)27-20(29)7-14-2-4-16(5-3-14)33(26,30)31;1-10-6-15-14(9-20-10)13(8-18)17(25-15)21-16(22)7-11-2-4-12(5-3-11)26(19,23)24;6-5(7)1-4(2-5)3-8/h2-5,16,18-19,33H,6-11,13-15H2,1H3,(H,34,36);2-5,13,15H,6-9,11-12H2,1H3,(H,27,29)(H2,26,30,31);2-5,10,20H,6-7,9H2,1H3,(H,21,22)(H2,19,23,24);3-4H,1-2H2. The monoisotopic (exact) mass is 1600 g/mol. The molecule has 7 aliphatic rings. The third kappa shape index (κ3) is 21.2. The molecule has 4 saturated carbocycles. The van der Waals surface area contributed by atoms with Crippen LogP contribution in [0.5, 0.6) is 0 Å². The minimum atomic E-state index is -3.87. The SMILES string of the molecule is CC1Cc2sc(NC(=O)Cc3ccc(S(=O)(=O)NCC4CC(F)(F)C4)cc3)c(C#N)c2CN1CC1CC(F)(F)C1.CC1Cc2sc(NC(=O)Cc3ccc(S(N)(=O)=O)cc3)c(C#N)c2CN1.CC1Cc2sc(NC(=O)Cc3ccc(S(N)(=O)=O)cc3)c(C#N)c2CN1CC1CC(F)(F)C1.O=CC1CC(F)(F)C1. The molecule has 4 aliphatic carbocycles. The van der Waals surface area contributed by atoms with E-state index in [1.807, 2.05) is 6.92 Å². The van der Waals surface area contributed by atoms with Gasteiger partial charge >= 0.3 is 0 Å². The Morgan fingerprint density at radius 1 is 0.514 bits per heavy atom. The molecule has 3 aromatic carbocycles. The Bertz CT molecular complexity index is 4800. The van der Waals surface area contributed by atoms with Gasteiger partial charge in [-0.3, -0.25) is 24.2 Å².